The van der Waals surface area contributed by atoms with Crippen LogP contribution in [0.25, 0.3) is 11.3 Å². The lowest BCUT2D eigenvalue weighted by atomic mass is 10.1. The second-order valence-electron chi connectivity index (χ2n) is 7.06. The fourth-order valence-electron chi connectivity index (χ4n) is 3.28. The summed E-state index contributed by atoms with van der Waals surface area (Å²) in [5.41, 5.74) is 3.51. The monoisotopic (exact) mass is 435 g/mol. The van der Waals surface area contributed by atoms with Crippen LogP contribution < -0.4 is 15.6 Å². The molecule has 1 amide bonds. The number of aromatic nitrogens is 4. The zero-order chi connectivity index (χ0) is 22.0. The molecule has 0 spiro atoms. The molecule has 9 heteroatoms. The van der Waals surface area contributed by atoms with Gasteiger partial charge in [-0.2, -0.15) is 0 Å². The summed E-state index contributed by atoms with van der Waals surface area (Å²) in [6.45, 7) is 3.97. The normalized spacial score (nSPS) is 10.9. The highest BCUT2D eigenvalue weighted by molar-refractivity contribution is 7.99. The minimum absolute atomic E-state index is 0.148. The molecule has 0 aliphatic carbocycles. The summed E-state index contributed by atoms with van der Waals surface area (Å²) in [7, 11) is 1.59. The van der Waals surface area contributed by atoms with E-state index < -0.39 is 0 Å². The predicted molar refractivity (Wildman–Crippen MR) is 120 cm³/mol. The van der Waals surface area contributed by atoms with Crippen LogP contribution in [0.2, 0.25) is 0 Å². The highest BCUT2D eigenvalue weighted by Crippen LogP contribution is 2.19. The molecule has 158 valence electrons. The molecule has 8 nitrogen and oxygen atoms in total. The first kappa shape index (κ1) is 20.7. The number of nitrogens with zero attached hydrogens (tertiary/aromatic N) is 4. The number of fused-ring (bicyclic) bond motifs is 1. The summed E-state index contributed by atoms with van der Waals surface area (Å²) < 4.78 is 8.24. The van der Waals surface area contributed by atoms with Crippen LogP contribution in [-0.2, 0) is 4.79 Å². The van der Waals surface area contributed by atoms with E-state index in [1.54, 1.807) is 48.2 Å². The Bertz CT molecular complexity index is 1290. The van der Waals surface area contributed by atoms with E-state index in [0.29, 0.717) is 16.6 Å². The Kier molecular flexibility index (Phi) is 5.77. The van der Waals surface area contributed by atoms with Crippen molar-refractivity contribution < 1.29 is 9.53 Å². The van der Waals surface area contributed by atoms with Gasteiger partial charge in [0, 0.05) is 23.8 Å². The zero-order valence-electron chi connectivity index (χ0n) is 17.3. The van der Waals surface area contributed by atoms with Crippen LogP contribution in [0.1, 0.15) is 11.1 Å². The Labute approximate surface area is 182 Å². The van der Waals surface area contributed by atoms with Crippen LogP contribution in [-0.4, -0.2) is 37.9 Å². The lowest BCUT2D eigenvalue weighted by molar-refractivity contribution is -0.113. The summed E-state index contributed by atoms with van der Waals surface area (Å²) in [5, 5.41) is 11.5. The number of methoxy groups -OCH3 is 1. The average molecular weight is 436 g/mol. The van der Waals surface area contributed by atoms with Crippen molar-refractivity contribution >= 4 is 29.0 Å². The maximum absolute atomic E-state index is 12.9. The molecule has 2 aromatic heterocycles. The standard InChI is InChI=1S/C22H21N5O3S/c1-14-10-15(2)12-16(11-14)23-19(28)13-31-22-25-24-20-21(29)26(8-9-27(20)22)17-4-6-18(30-3)7-5-17/h4-12H,13H2,1-3H3,(H,23,28). The number of hydrogen-bond acceptors (Lipinski definition) is 6. The maximum atomic E-state index is 12.9. The molecule has 0 saturated carbocycles. The van der Waals surface area contributed by atoms with Crippen molar-refractivity contribution in [2.24, 2.45) is 0 Å². The predicted octanol–water partition coefficient (Wildman–Crippen LogP) is 3.24. The third kappa shape index (κ3) is 4.46. The number of anilines is 1. The van der Waals surface area contributed by atoms with E-state index in [1.165, 1.54) is 16.3 Å². The first-order chi connectivity index (χ1) is 14.9. The van der Waals surface area contributed by atoms with E-state index in [-0.39, 0.29) is 22.9 Å². The first-order valence-corrected chi connectivity index (χ1v) is 10.5. The molecule has 0 radical (unpaired) electrons. The topological polar surface area (TPSA) is 90.5 Å². The lowest BCUT2D eigenvalue weighted by Crippen LogP contribution is -2.20. The number of rotatable bonds is 6. The van der Waals surface area contributed by atoms with Crippen LogP contribution in [0.3, 0.4) is 0 Å². The SMILES string of the molecule is COc1ccc(-n2ccn3c(SCC(=O)Nc4cc(C)cc(C)c4)nnc3c2=O)cc1. The van der Waals surface area contributed by atoms with Crippen molar-refractivity contribution in [3.63, 3.8) is 0 Å². The lowest BCUT2D eigenvalue weighted by Gasteiger charge is -2.08. The molecular formula is C22H21N5O3S. The first-order valence-electron chi connectivity index (χ1n) is 9.56. The number of thioether (sulfide) groups is 1. The summed E-state index contributed by atoms with van der Waals surface area (Å²) in [6, 6.07) is 13.0. The van der Waals surface area contributed by atoms with Crippen molar-refractivity contribution in [3.8, 4) is 11.4 Å². The van der Waals surface area contributed by atoms with Crippen molar-refractivity contribution in [2.75, 3.05) is 18.2 Å². The third-order valence-electron chi connectivity index (χ3n) is 4.63. The molecule has 4 aromatic rings. The minimum atomic E-state index is -0.299. The smallest absolute Gasteiger partial charge is 0.300 e. The summed E-state index contributed by atoms with van der Waals surface area (Å²) in [5.74, 6) is 0.700. The molecule has 2 heterocycles. The van der Waals surface area contributed by atoms with Crippen LogP contribution in [0.5, 0.6) is 5.75 Å². The van der Waals surface area contributed by atoms with Gasteiger partial charge in [-0.3, -0.25) is 18.6 Å². The highest BCUT2D eigenvalue weighted by Gasteiger charge is 2.14. The molecule has 0 unspecified atom stereocenters. The van der Waals surface area contributed by atoms with E-state index >= 15 is 0 Å². The minimum Gasteiger partial charge on any atom is -0.497 e. The van der Waals surface area contributed by atoms with Gasteiger partial charge >= 0.3 is 5.56 Å². The van der Waals surface area contributed by atoms with Crippen LogP contribution in [0, 0.1) is 13.8 Å². The second kappa shape index (κ2) is 8.65. The number of benzene rings is 2. The number of nitrogens with one attached hydrogen (secondary N) is 1. The van der Waals surface area contributed by atoms with Crippen LogP contribution in [0.4, 0.5) is 5.69 Å². The maximum Gasteiger partial charge on any atom is 0.300 e. The Morgan fingerprint density at radius 3 is 2.45 bits per heavy atom. The van der Waals surface area contributed by atoms with Crippen molar-refractivity contribution in [2.45, 2.75) is 19.0 Å². The van der Waals surface area contributed by atoms with Crippen molar-refractivity contribution in [1.29, 1.82) is 0 Å². The molecule has 4 rings (SSSR count). The summed E-state index contributed by atoms with van der Waals surface area (Å²) >= 11 is 1.22. The Morgan fingerprint density at radius 1 is 1.06 bits per heavy atom. The Balaban J connectivity index is 1.50. The van der Waals surface area contributed by atoms with E-state index in [2.05, 4.69) is 15.5 Å². The Hall–Kier alpha value is -3.59. The molecule has 31 heavy (non-hydrogen) atoms. The van der Waals surface area contributed by atoms with Gasteiger partial charge in [0.25, 0.3) is 0 Å². The van der Waals surface area contributed by atoms with Gasteiger partial charge in [0.15, 0.2) is 5.16 Å². The summed E-state index contributed by atoms with van der Waals surface area (Å²) in [4.78, 5) is 25.2. The van der Waals surface area contributed by atoms with E-state index in [4.69, 9.17) is 4.74 Å². The second-order valence-corrected chi connectivity index (χ2v) is 8.00. The number of carbonyl (C=O) groups is 1. The molecule has 0 fully saturated rings. The molecule has 0 saturated heterocycles. The van der Waals surface area contributed by atoms with E-state index in [9.17, 15) is 9.59 Å². The zero-order valence-corrected chi connectivity index (χ0v) is 18.1. The molecule has 0 aliphatic rings. The molecule has 0 atom stereocenters. The van der Waals surface area contributed by atoms with E-state index in [0.717, 1.165) is 16.8 Å². The largest absolute Gasteiger partial charge is 0.497 e. The molecule has 2 aromatic carbocycles. The number of hydrogen-bond donors (Lipinski definition) is 1. The fraction of sp³-hybridized carbons (Fsp3) is 0.182. The van der Waals surface area contributed by atoms with Gasteiger partial charge in [-0.05, 0) is 61.4 Å². The van der Waals surface area contributed by atoms with Gasteiger partial charge in [0.05, 0.1) is 12.9 Å². The van der Waals surface area contributed by atoms with Gasteiger partial charge < -0.3 is 10.1 Å². The van der Waals surface area contributed by atoms with Gasteiger partial charge in [-0.1, -0.05) is 17.8 Å². The average Bonchev–Trinajstić information content (AvgIpc) is 3.16. The molecule has 0 bridgehead atoms. The van der Waals surface area contributed by atoms with Gasteiger partial charge in [0.2, 0.25) is 11.6 Å². The number of aryl methyl sites for hydroxylation is 2. The fourth-order valence-corrected chi connectivity index (χ4v) is 4.00. The third-order valence-corrected chi connectivity index (χ3v) is 5.57. The summed E-state index contributed by atoms with van der Waals surface area (Å²) in [6.07, 6.45) is 3.37. The Morgan fingerprint density at radius 2 is 1.77 bits per heavy atom. The van der Waals surface area contributed by atoms with Gasteiger partial charge in [-0.25, -0.2) is 0 Å². The van der Waals surface area contributed by atoms with Crippen molar-refractivity contribution in [3.05, 3.63) is 76.3 Å². The van der Waals surface area contributed by atoms with E-state index in [1.807, 2.05) is 32.0 Å². The quantitative estimate of drug-likeness (QED) is 0.468. The molecular weight excluding hydrogens is 414 g/mol. The number of amides is 1. The van der Waals surface area contributed by atoms with Gasteiger partial charge in [-0.15, -0.1) is 10.2 Å². The number of carbonyl (C=O) groups excluding carboxylic acids is 1. The van der Waals surface area contributed by atoms with Crippen LogP contribution >= 0.6 is 11.8 Å². The highest BCUT2D eigenvalue weighted by atomic mass is 32.2. The van der Waals surface area contributed by atoms with Crippen molar-refractivity contribution in [1.82, 2.24) is 19.2 Å². The molecule has 0 aliphatic heterocycles. The molecule has 1 N–H and O–H groups in total. The van der Waals surface area contributed by atoms with Crippen LogP contribution in [0.15, 0.2) is 64.8 Å². The van der Waals surface area contributed by atoms with Gasteiger partial charge in [0.1, 0.15) is 5.75 Å². The number of ether oxygens (including phenoxy) is 1.